The van der Waals surface area contributed by atoms with Crippen molar-refractivity contribution in [1.29, 1.82) is 0 Å². The Morgan fingerprint density at radius 3 is 2.47 bits per heavy atom. The molecule has 1 aromatic rings. The Hall–Kier alpha value is -1.39. The zero-order valence-corrected chi connectivity index (χ0v) is 10.5. The molecular weight excluding hydrogens is 214 g/mol. The zero-order chi connectivity index (χ0) is 12.5. The van der Waals surface area contributed by atoms with Crippen LogP contribution in [0.15, 0.2) is 30.3 Å². The van der Waals surface area contributed by atoms with Crippen LogP contribution >= 0.6 is 0 Å². The van der Waals surface area contributed by atoms with Crippen LogP contribution in [0.1, 0.15) is 5.56 Å². The average Bonchev–Trinajstić information content (AvgIpc) is 2.38. The van der Waals surface area contributed by atoms with Gasteiger partial charge in [-0.1, -0.05) is 30.3 Å². The Kier molecular flexibility index (Phi) is 6.29. The second-order valence-electron chi connectivity index (χ2n) is 3.91. The first-order chi connectivity index (χ1) is 8.27. The van der Waals surface area contributed by atoms with Gasteiger partial charge in [0.1, 0.15) is 0 Å². The van der Waals surface area contributed by atoms with Gasteiger partial charge in [0.05, 0.1) is 6.04 Å². The van der Waals surface area contributed by atoms with Gasteiger partial charge in [-0.2, -0.15) is 0 Å². The third kappa shape index (κ3) is 4.97. The molecule has 0 bridgehead atoms. The van der Waals surface area contributed by atoms with Crippen molar-refractivity contribution in [3.8, 4) is 0 Å². The molecule has 0 fully saturated rings. The van der Waals surface area contributed by atoms with Crippen molar-refractivity contribution in [2.75, 3.05) is 27.2 Å². The fourth-order valence-corrected chi connectivity index (χ4v) is 1.65. The fraction of sp³-hybridized carbons (Fsp3) is 0.462. The Morgan fingerprint density at radius 2 is 1.88 bits per heavy atom. The van der Waals surface area contributed by atoms with Gasteiger partial charge in [0, 0.05) is 20.1 Å². The number of rotatable bonds is 7. The van der Waals surface area contributed by atoms with Gasteiger partial charge in [0.2, 0.25) is 5.91 Å². The predicted molar refractivity (Wildman–Crippen MR) is 69.9 cm³/mol. The van der Waals surface area contributed by atoms with E-state index in [0.29, 0.717) is 6.42 Å². The number of likely N-dealkylation sites (N-methyl/N-ethyl adjacent to an activating group) is 2. The number of hydrogen-bond donors (Lipinski definition) is 3. The van der Waals surface area contributed by atoms with Crippen LogP contribution in [0.2, 0.25) is 0 Å². The summed E-state index contributed by atoms with van der Waals surface area (Å²) in [5.74, 6) is 0.0324. The number of carbonyl (C=O) groups excluding carboxylic acids is 1. The van der Waals surface area contributed by atoms with Crippen LogP contribution in [0.25, 0.3) is 0 Å². The first kappa shape index (κ1) is 13.7. The summed E-state index contributed by atoms with van der Waals surface area (Å²) < 4.78 is 0. The maximum Gasteiger partial charge on any atom is 0.237 e. The van der Waals surface area contributed by atoms with Crippen molar-refractivity contribution < 1.29 is 4.79 Å². The quantitative estimate of drug-likeness (QED) is 0.590. The fourth-order valence-electron chi connectivity index (χ4n) is 1.65. The van der Waals surface area contributed by atoms with E-state index in [1.807, 2.05) is 37.4 Å². The molecule has 0 radical (unpaired) electrons. The molecule has 1 atom stereocenters. The molecule has 0 aliphatic rings. The highest BCUT2D eigenvalue weighted by atomic mass is 16.2. The lowest BCUT2D eigenvalue weighted by atomic mass is 10.1. The van der Waals surface area contributed by atoms with Crippen molar-refractivity contribution >= 4 is 5.91 Å². The number of hydrogen-bond acceptors (Lipinski definition) is 3. The van der Waals surface area contributed by atoms with E-state index >= 15 is 0 Å². The van der Waals surface area contributed by atoms with Crippen LogP contribution in [-0.4, -0.2) is 39.1 Å². The molecule has 0 heterocycles. The molecule has 4 nitrogen and oxygen atoms in total. The molecule has 0 saturated heterocycles. The first-order valence-electron chi connectivity index (χ1n) is 5.91. The van der Waals surface area contributed by atoms with Crippen molar-refractivity contribution in [1.82, 2.24) is 16.0 Å². The topological polar surface area (TPSA) is 53.2 Å². The lowest BCUT2D eigenvalue weighted by Gasteiger charge is -2.17. The number of nitrogens with one attached hydrogen (secondary N) is 3. The van der Waals surface area contributed by atoms with E-state index in [2.05, 4.69) is 16.0 Å². The highest BCUT2D eigenvalue weighted by molar-refractivity contribution is 5.81. The van der Waals surface area contributed by atoms with Gasteiger partial charge in [-0.05, 0) is 19.0 Å². The SMILES string of the molecule is CNCCNC(Cc1ccccc1)C(=O)NC. The third-order valence-electron chi connectivity index (χ3n) is 2.61. The number of carbonyl (C=O) groups is 1. The molecule has 4 heteroatoms. The van der Waals surface area contributed by atoms with Crippen LogP contribution in [-0.2, 0) is 11.2 Å². The summed E-state index contributed by atoms with van der Waals surface area (Å²) in [7, 11) is 3.56. The smallest absolute Gasteiger partial charge is 0.237 e. The van der Waals surface area contributed by atoms with Crippen molar-refractivity contribution in [3.63, 3.8) is 0 Å². The minimum atomic E-state index is -0.171. The molecule has 1 aromatic carbocycles. The summed E-state index contributed by atoms with van der Waals surface area (Å²) in [6.45, 7) is 1.63. The summed E-state index contributed by atoms with van der Waals surface area (Å²) in [4.78, 5) is 11.7. The second-order valence-corrected chi connectivity index (χ2v) is 3.91. The van der Waals surface area contributed by atoms with Gasteiger partial charge in [0.15, 0.2) is 0 Å². The van der Waals surface area contributed by atoms with E-state index in [1.165, 1.54) is 0 Å². The Labute approximate surface area is 103 Å². The lowest BCUT2D eigenvalue weighted by molar-refractivity contribution is -0.122. The van der Waals surface area contributed by atoms with E-state index in [1.54, 1.807) is 7.05 Å². The molecule has 94 valence electrons. The van der Waals surface area contributed by atoms with Crippen LogP contribution in [0.3, 0.4) is 0 Å². The largest absolute Gasteiger partial charge is 0.358 e. The highest BCUT2D eigenvalue weighted by Gasteiger charge is 2.16. The normalized spacial score (nSPS) is 12.1. The molecule has 1 unspecified atom stereocenters. The summed E-state index contributed by atoms with van der Waals surface area (Å²) in [5.41, 5.74) is 1.16. The third-order valence-corrected chi connectivity index (χ3v) is 2.61. The minimum Gasteiger partial charge on any atom is -0.358 e. The van der Waals surface area contributed by atoms with Gasteiger partial charge in [-0.3, -0.25) is 4.79 Å². The van der Waals surface area contributed by atoms with Gasteiger partial charge in [0.25, 0.3) is 0 Å². The maximum atomic E-state index is 11.7. The van der Waals surface area contributed by atoms with Gasteiger partial charge in [-0.15, -0.1) is 0 Å². The Morgan fingerprint density at radius 1 is 1.18 bits per heavy atom. The second kappa shape index (κ2) is 7.81. The molecule has 0 aliphatic carbocycles. The van der Waals surface area contributed by atoms with Crippen molar-refractivity contribution in [2.45, 2.75) is 12.5 Å². The number of benzene rings is 1. The van der Waals surface area contributed by atoms with Crippen molar-refractivity contribution in [3.05, 3.63) is 35.9 Å². The van der Waals surface area contributed by atoms with Gasteiger partial charge >= 0.3 is 0 Å². The van der Waals surface area contributed by atoms with Crippen LogP contribution in [0.5, 0.6) is 0 Å². The lowest BCUT2D eigenvalue weighted by Crippen LogP contribution is -2.46. The van der Waals surface area contributed by atoms with Gasteiger partial charge in [-0.25, -0.2) is 0 Å². The summed E-state index contributed by atoms with van der Waals surface area (Å²) in [6, 6.07) is 9.86. The standard InChI is InChI=1S/C13H21N3O/c1-14-8-9-16-12(13(17)15-2)10-11-6-4-3-5-7-11/h3-7,12,14,16H,8-10H2,1-2H3,(H,15,17). The zero-order valence-electron chi connectivity index (χ0n) is 10.5. The highest BCUT2D eigenvalue weighted by Crippen LogP contribution is 2.03. The Bertz CT molecular complexity index is 327. The van der Waals surface area contributed by atoms with Gasteiger partial charge < -0.3 is 16.0 Å². The summed E-state index contributed by atoms with van der Waals surface area (Å²) in [5, 5.41) is 8.99. The molecule has 0 spiro atoms. The molecule has 0 aromatic heterocycles. The van der Waals surface area contributed by atoms with E-state index in [-0.39, 0.29) is 11.9 Å². The maximum absolute atomic E-state index is 11.7. The molecule has 0 saturated carbocycles. The first-order valence-corrected chi connectivity index (χ1v) is 5.91. The molecule has 1 amide bonds. The van der Waals surface area contributed by atoms with E-state index in [9.17, 15) is 4.79 Å². The minimum absolute atomic E-state index is 0.0324. The summed E-state index contributed by atoms with van der Waals surface area (Å²) in [6.07, 6.45) is 0.713. The van der Waals surface area contributed by atoms with Crippen LogP contribution in [0, 0.1) is 0 Å². The molecule has 1 rings (SSSR count). The molecule has 0 aliphatic heterocycles. The summed E-state index contributed by atoms with van der Waals surface area (Å²) >= 11 is 0. The molecular formula is C13H21N3O. The van der Waals surface area contributed by atoms with E-state index < -0.39 is 0 Å². The predicted octanol–water partition coefficient (Wildman–Crippen LogP) is 0.153. The Balaban J connectivity index is 2.54. The monoisotopic (exact) mass is 235 g/mol. The average molecular weight is 235 g/mol. The molecule has 3 N–H and O–H groups in total. The van der Waals surface area contributed by atoms with E-state index in [4.69, 9.17) is 0 Å². The van der Waals surface area contributed by atoms with Crippen molar-refractivity contribution in [2.24, 2.45) is 0 Å². The molecule has 17 heavy (non-hydrogen) atoms. The number of amides is 1. The van der Waals surface area contributed by atoms with Crippen LogP contribution < -0.4 is 16.0 Å². The van der Waals surface area contributed by atoms with Crippen LogP contribution in [0.4, 0.5) is 0 Å². The van der Waals surface area contributed by atoms with E-state index in [0.717, 1.165) is 18.7 Å².